The summed E-state index contributed by atoms with van der Waals surface area (Å²) in [5, 5.41) is 15.8. The second-order valence-corrected chi connectivity index (χ2v) is 6.97. The van der Waals surface area contributed by atoms with E-state index in [1.807, 2.05) is 6.92 Å². The van der Waals surface area contributed by atoms with Crippen LogP contribution in [0.2, 0.25) is 10.0 Å². The van der Waals surface area contributed by atoms with E-state index in [2.05, 4.69) is 15.5 Å². The normalized spacial score (nSPS) is 10.8. The summed E-state index contributed by atoms with van der Waals surface area (Å²) in [6, 6.07) is 13.4. The third-order valence-electron chi connectivity index (χ3n) is 4.05. The average molecular weight is 461 g/mol. The second-order valence-electron chi connectivity index (χ2n) is 6.16. The zero-order valence-electron chi connectivity index (χ0n) is 16.4. The molecule has 0 saturated heterocycles. The Bertz CT molecular complexity index is 1070. The van der Waals surface area contributed by atoms with E-state index < -0.39 is 4.92 Å². The van der Waals surface area contributed by atoms with Crippen LogP contribution in [0.4, 0.5) is 11.5 Å². The molecule has 0 unspecified atom stereocenters. The van der Waals surface area contributed by atoms with Gasteiger partial charge in [0.05, 0.1) is 17.7 Å². The van der Waals surface area contributed by atoms with Gasteiger partial charge in [0.2, 0.25) is 0 Å². The number of hydrogen-bond donors (Lipinski definition) is 1. The molecule has 0 bridgehead atoms. The Labute approximate surface area is 188 Å². The second kappa shape index (κ2) is 10.6. The minimum absolute atomic E-state index is 0.0930. The number of anilines is 1. The van der Waals surface area contributed by atoms with Crippen molar-refractivity contribution < 1.29 is 14.4 Å². The van der Waals surface area contributed by atoms with Crippen molar-refractivity contribution in [3.8, 4) is 11.5 Å². The molecule has 1 N–H and O–H groups in total. The predicted molar refractivity (Wildman–Crippen MR) is 121 cm³/mol. The molecule has 2 aromatic carbocycles. The van der Waals surface area contributed by atoms with E-state index in [1.165, 1.54) is 12.1 Å². The van der Waals surface area contributed by atoms with Crippen LogP contribution in [0.25, 0.3) is 0 Å². The molecule has 3 aromatic rings. The number of nitro groups is 1. The van der Waals surface area contributed by atoms with Gasteiger partial charge in [-0.15, -0.1) is 0 Å². The number of ether oxygens (including phenoxy) is 2. The highest BCUT2D eigenvalue weighted by atomic mass is 35.5. The van der Waals surface area contributed by atoms with Crippen LogP contribution in [0.15, 0.2) is 59.8 Å². The first-order valence-corrected chi connectivity index (χ1v) is 9.95. The van der Waals surface area contributed by atoms with Crippen molar-refractivity contribution >= 4 is 40.9 Å². The topological polar surface area (TPSA) is 98.9 Å². The molecular weight excluding hydrogens is 443 g/mol. The number of hydrazone groups is 1. The lowest BCUT2D eigenvalue weighted by atomic mass is 10.2. The number of benzene rings is 2. The Kier molecular flexibility index (Phi) is 7.64. The fourth-order valence-corrected chi connectivity index (χ4v) is 3.05. The fourth-order valence-electron chi connectivity index (χ4n) is 2.55. The van der Waals surface area contributed by atoms with Gasteiger partial charge < -0.3 is 9.47 Å². The molecule has 1 heterocycles. The lowest BCUT2D eigenvalue weighted by molar-refractivity contribution is -0.385. The molecule has 10 heteroatoms. The van der Waals surface area contributed by atoms with Crippen LogP contribution in [0.5, 0.6) is 11.5 Å². The molecular formula is C21H18Cl2N4O4. The monoisotopic (exact) mass is 460 g/mol. The molecule has 0 amide bonds. The third-order valence-corrected chi connectivity index (χ3v) is 4.76. The van der Waals surface area contributed by atoms with Crippen molar-refractivity contribution in [1.29, 1.82) is 0 Å². The van der Waals surface area contributed by atoms with Crippen LogP contribution in [-0.2, 0) is 6.61 Å². The average Bonchev–Trinajstić information content (AvgIpc) is 2.75. The Morgan fingerprint density at radius 3 is 2.55 bits per heavy atom. The minimum Gasteiger partial charge on any atom is -0.490 e. The van der Waals surface area contributed by atoms with E-state index >= 15 is 0 Å². The predicted octanol–water partition coefficient (Wildman–Crippen LogP) is 5.72. The van der Waals surface area contributed by atoms with E-state index in [0.717, 1.165) is 11.8 Å². The number of pyridine rings is 1. The molecule has 160 valence electrons. The molecule has 0 aliphatic heterocycles. The first-order chi connectivity index (χ1) is 15.0. The van der Waals surface area contributed by atoms with Gasteiger partial charge in [0.25, 0.3) is 5.69 Å². The smallest absolute Gasteiger partial charge is 0.287 e. The molecule has 3 rings (SSSR count). The first kappa shape index (κ1) is 22.3. The summed E-state index contributed by atoms with van der Waals surface area (Å²) < 4.78 is 11.6. The Balaban J connectivity index is 1.69. The van der Waals surface area contributed by atoms with Crippen molar-refractivity contribution in [3.05, 3.63) is 86.0 Å². The van der Waals surface area contributed by atoms with Crippen LogP contribution in [0.1, 0.15) is 18.1 Å². The van der Waals surface area contributed by atoms with E-state index in [1.54, 1.807) is 42.6 Å². The van der Waals surface area contributed by atoms with Crippen LogP contribution in [-0.4, -0.2) is 22.7 Å². The minimum atomic E-state index is -0.515. The fraction of sp³-hybridized carbons (Fsp3) is 0.143. The standard InChI is InChI=1S/C21H18Cl2N4O4/c1-2-30-20-10-14(11-25-26-21-9-7-15(12-24-21)27(28)29)6-8-19(20)31-13-16-17(22)4-3-5-18(16)23/h3-12H,2,13H2,1H3,(H,24,26)/b25-11-. The Hall–Kier alpha value is -3.36. The molecule has 0 radical (unpaired) electrons. The SMILES string of the molecule is CCOc1cc(/C=N\Nc2ccc([N+](=O)[O-])cn2)ccc1OCc1c(Cl)cccc1Cl. The van der Waals surface area contributed by atoms with Gasteiger partial charge >= 0.3 is 0 Å². The summed E-state index contributed by atoms with van der Waals surface area (Å²) in [5.74, 6) is 1.46. The van der Waals surface area contributed by atoms with Crippen molar-refractivity contribution in [2.45, 2.75) is 13.5 Å². The number of rotatable bonds is 9. The lowest BCUT2D eigenvalue weighted by Crippen LogP contribution is -2.01. The zero-order chi connectivity index (χ0) is 22.2. The highest BCUT2D eigenvalue weighted by Crippen LogP contribution is 2.31. The van der Waals surface area contributed by atoms with Gasteiger partial charge in [0, 0.05) is 21.7 Å². The maximum Gasteiger partial charge on any atom is 0.287 e. The molecule has 0 spiro atoms. The number of halogens is 2. The summed E-state index contributed by atoms with van der Waals surface area (Å²) in [6.07, 6.45) is 2.72. The quantitative estimate of drug-likeness (QED) is 0.249. The maximum atomic E-state index is 10.7. The van der Waals surface area contributed by atoms with Crippen LogP contribution in [0.3, 0.4) is 0 Å². The summed E-state index contributed by atoms with van der Waals surface area (Å²) in [6.45, 7) is 2.52. The highest BCUT2D eigenvalue weighted by molar-refractivity contribution is 6.35. The first-order valence-electron chi connectivity index (χ1n) is 9.20. The summed E-state index contributed by atoms with van der Waals surface area (Å²) in [4.78, 5) is 14.1. The lowest BCUT2D eigenvalue weighted by Gasteiger charge is -2.14. The van der Waals surface area contributed by atoms with Crippen LogP contribution in [0, 0.1) is 10.1 Å². The molecule has 8 nitrogen and oxygen atoms in total. The molecule has 31 heavy (non-hydrogen) atoms. The number of aromatic nitrogens is 1. The van der Waals surface area contributed by atoms with Gasteiger partial charge in [-0.1, -0.05) is 29.3 Å². The van der Waals surface area contributed by atoms with E-state index in [0.29, 0.717) is 39.5 Å². The molecule has 0 aliphatic rings. The van der Waals surface area contributed by atoms with Gasteiger partial charge in [-0.25, -0.2) is 4.98 Å². The van der Waals surface area contributed by atoms with Crippen molar-refractivity contribution in [2.24, 2.45) is 5.10 Å². The van der Waals surface area contributed by atoms with E-state index in [-0.39, 0.29) is 12.3 Å². The van der Waals surface area contributed by atoms with Crippen LogP contribution >= 0.6 is 23.2 Å². The summed E-state index contributed by atoms with van der Waals surface area (Å²) in [7, 11) is 0. The van der Waals surface area contributed by atoms with Gasteiger partial charge in [-0.05, 0) is 48.9 Å². The van der Waals surface area contributed by atoms with Crippen molar-refractivity contribution in [3.63, 3.8) is 0 Å². The van der Waals surface area contributed by atoms with Crippen molar-refractivity contribution in [2.75, 3.05) is 12.0 Å². The summed E-state index contributed by atoms with van der Waals surface area (Å²) >= 11 is 12.4. The molecule has 0 atom stereocenters. The third kappa shape index (κ3) is 6.07. The van der Waals surface area contributed by atoms with Gasteiger partial charge in [-0.2, -0.15) is 5.10 Å². The Morgan fingerprint density at radius 1 is 1.13 bits per heavy atom. The van der Waals surface area contributed by atoms with E-state index in [4.69, 9.17) is 32.7 Å². The number of hydrogen-bond acceptors (Lipinski definition) is 7. The largest absolute Gasteiger partial charge is 0.490 e. The zero-order valence-corrected chi connectivity index (χ0v) is 17.9. The Morgan fingerprint density at radius 2 is 1.90 bits per heavy atom. The van der Waals surface area contributed by atoms with Gasteiger partial charge in [0.15, 0.2) is 11.5 Å². The number of nitrogens with one attached hydrogen (secondary N) is 1. The molecule has 0 fully saturated rings. The van der Waals surface area contributed by atoms with Crippen LogP contribution < -0.4 is 14.9 Å². The van der Waals surface area contributed by atoms with Gasteiger partial charge in [0.1, 0.15) is 18.6 Å². The molecule has 1 aromatic heterocycles. The van der Waals surface area contributed by atoms with Gasteiger partial charge in [-0.3, -0.25) is 15.5 Å². The van der Waals surface area contributed by atoms with E-state index in [9.17, 15) is 10.1 Å². The van der Waals surface area contributed by atoms with Crippen molar-refractivity contribution in [1.82, 2.24) is 4.98 Å². The molecule has 0 aliphatic carbocycles. The maximum absolute atomic E-state index is 10.7. The summed E-state index contributed by atoms with van der Waals surface area (Å²) in [5.41, 5.74) is 4.07. The molecule has 0 saturated carbocycles. The number of nitrogens with zero attached hydrogens (tertiary/aromatic N) is 3. The highest BCUT2D eigenvalue weighted by Gasteiger charge is 2.10.